The Labute approximate surface area is 120 Å². The molecule has 0 saturated heterocycles. The van der Waals surface area contributed by atoms with Crippen LogP contribution in [0.15, 0.2) is 12.4 Å². The normalized spacial score (nSPS) is 14.5. The summed E-state index contributed by atoms with van der Waals surface area (Å²) in [6.07, 6.45) is 3.18. The van der Waals surface area contributed by atoms with E-state index in [4.69, 9.17) is 5.11 Å². The molecule has 2 amide bonds. The highest BCUT2D eigenvalue weighted by Gasteiger charge is 2.17. The van der Waals surface area contributed by atoms with Gasteiger partial charge in [0.2, 0.25) is 0 Å². The minimum atomic E-state index is -0.329. The maximum Gasteiger partial charge on any atom is 0.319 e. The molecule has 0 bridgehead atoms. The standard InChI is InChI=1S/C14H24N4O2/c1-9(8-19)10(2)17-13(20)18-11-6-15-12(16-7-11)14(3,4)5/h6-7,9-10,19H,8H2,1-5H3,(H2,17,18,20)/t9-,10-/m1/s1. The van der Waals surface area contributed by atoms with Gasteiger partial charge in [-0.15, -0.1) is 0 Å². The van der Waals surface area contributed by atoms with Crippen LogP contribution in [0.1, 0.15) is 40.4 Å². The van der Waals surface area contributed by atoms with E-state index in [1.807, 2.05) is 34.6 Å². The first-order valence-corrected chi connectivity index (χ1v) is 6.75. The fourth-order valence-electron chi connectivity index (χ4n) is 1.45. The third-order valence-corrected chi connectivity index (χ3v) is 3.08. The van der Waals surface area contributed by atoms with Crippen molar-refractivity contribution in [3.8, 4) is 0 Å². The molecule has 20 heavy (non-hydrogen) atoms. The fourth-order valence-corrected chi connectivity index (χ4v) is 1.45. The lowest BCUT2D eigenvalue weighted by atomic mass is 9.96. The zero-order chi connectivity index (χ0) is 15.3. The van der Waals surface area contributed by atoms with Crippen LogP contribution in [0.3, 0.4) is 0 Å². The Balaban J connectivity index is 2.59. The number of rotatable bonds is 4. The molecule has 1 aromatic heterocycles. The van der Waals surface area contributed by atoms with Crippen LogP contribution in [0, 0.1) is 5.92 Å². The molecule has 1 rings (SSSR count). The van der Waals surface area contributed by atoms with Crippen LogP contribution in [0.25, 0.3) is 0 Å². The summed E-state index contributed by atoms with van der Waals surface area (Å²) in [7, 11) is 0. The third-order valence-electron chi connectivity index (χ3n) is 3.08. The average Bonchev–Trinajstić information content (AvgIpc) is 2.37. The number of aliphatic hydroxyl groups is 1. The molecule has 6 heteroatoms. The van der Waals surface area contributed by atoms with E-state index in [1.165, 1.54) is 0 Å². The fraction of sp³-hybridized carbons (Fsp3) is 0.643. The minimum absolute atomic E-state index is 0.000247. The SMILES string of the molecule is C[C@H](CO)[C@@H](C)NC(=O)Nc1cnc(C(C)(C)C)nc1. The molecule has 112 valence electrons. The molecule has 1 heterocycles. The van der Waals surface area contributed by atoms with Gasteiger partial charge in [0.25, 0.3) is 0 Å². The number of aromatic nitrogens is 2. The van der Waals surface area contributed by atoms with Crippen LogP contribution in [0.5, 0.6) is 0 Å². The summed E-state index contributed by atoms with van der Waals surface area (Å²) in [4.78, 5) is 20.2. The van der Waals surface area contributed by atoms with Crippen molar-refractivity contribution in [1.82, 2.24) is 15.3 Å². The Hall–Kier alpha value is -1.69. The van der Waals surface area contributed by atoms with Crippen molar-refractivity contribution in [2.45, 2.75) is 46.1 Å². The average molecular weight is 280 g/mol. The van der Waals surface area contributed by atoms with E-state index < -0.39 is 0 Å². The molecule has 0 aliphatic rings. The van der Waals surface area contributed by atoms with E-state index >= 15 is 0 Å². The molecule has 0 aromatic carbocycles. The van der Waals surface area contributed by atoms with Crippen LogP contribution >= 0.6 is 0 Å². The van der Waals surface area contributed by atoms with Gasteiger partial charge >= 0.3 is 6.03 Å². The molecular formula is C14H24N4O2. The molecular weight excluding hydrogens is 256 g/mol. The Morgan fingerprint density at radius 2 is 1.85 bits per heavy atom. The lowest BCUT2D eigenvalue weighted by Gasteiger charge is -2.20. The molecule has 2 atom stereocenters. The van der Waals surface area contributed by atoms with Crippen LogP contribution in [0.2, 0.25) is 0 Å². The lowest BCUT2D eigenvalue weighted by molar-refractivity contribution is 0.204. The summed E-state index contributed by atoms with van der Waals surface area (Å²) < 4.78 is 0. The van der Waals surface area contributed by atoms with Gasteiger partial charge < -0.3 is 15.7 Å². The molecule has 0 aliphatic heterocycles. The number of nitrogens with one attached hydrogen (secondary N) is 2. The zero-order valence-electron chi connectivity index (χ0n) is 12.8. The topological polar surface area (TPSA) is 87.1 Å². The number of carbonyl (C=O) groups excluding carboxylic acids is 1. The number of hydrogen-bond acceptors (Lipinski definition) is 4. The zero-order valence-corrected chi connectivity index (χ0v) is 12.8. The van der Waals surface area contributed by atoms with E-state index in [1.54, 1.807) is 12.4 Å². The summed E-state index contributed by atoms with van der Waals surface area (Å²) in [6.45, 7) is 9.83. The third kappa shape index (κ3) is 4.77. The smallest absolute Gasteiger partial charge is 0.319 e. The van der Waals surface area contributed by atoms with Crippen molar-refractivity contribution in [2.75, 3.05) is 11.9 Å². The Kier molecular flexibility index (Phi) is 5.44. The number of amides is 2. The first-order valence-electron chi connectivity index (χ1n) is 6.75. The highest BCUT2D eigenvalue weighted by molar-refractivity contribution is 5.89. The van der Waals surface area contributed by atoms with Gasteiger partial charge in [-0.1, -0.05) is 27.7 Å². The minimum Gasteiger partial charge on any atom is -0.396 e. The summed E-state index contributed by atoms with van der Waals surface area (Å²) >= 11 is 0. The monoisotopic (exact) mass is 280 g/mol. The summed E-state index contributed by atoms with van der Waals surface area (Å²) in [5, 5.41) is 14.5. The predicted molar refractivity (Wildman–Crippen MR) is 78.6 cm³/mol. The largest absolute Gasteiger partial charge is 0.396 e. The second-order valence-electron chi connectivity index (χ2n) is 6.09. The molecule has 6 nitrogen and oxygen atoms in total. The van der Waals surface area contributed by atoms with Crippen LogP contribution in [0.4, 0.5) is 10.5 Å². The predicted octanol–water partition coefficient (Wildman–Crippen LogP) is 1.91. The number of carbonyl (C=O) groups is 1. The number of nitrogens with zero attached hydrogens (tertiary/aromatic N) is 2. The van der Waals surface area contributed by atoms with Crippen LogP contribution in [-0.4, -0.2) is 33.8 Å². The van der Waals surface area contributed by atoms with Gasteiger partial charge in [0.15, 0.2) is 0 Å². The first kappa shape index (κ1) is 16.4. The van der Waals surface area contributed by atoms with Gasteiger partial charge in [-0.25, -0.2) is 14.8 Å². The number of anilines is 1. The van der Waals surface area contributed by atoms with Crippen molar-refractivity contribution in [2.24, 2.45) is 5.92 Å². The Morgan fingerprint density at radius 1 is 1.30 bits per heavy atom. The molecule has 0 aliphatic carbocycles. The maximum atomic E-state index is 11.8. The van der Waals surface area contributed by atoms with E-state index in [0.29, 0.717) is 5.69 Å². The first-order chi connectivity index (χ1) is 9.24. The molecule has 1 aromatic rings. The van der Waals surface area contributed by atoms with Crippen molar-refractivity contribution < 1.29 is 9.90 Å². The van der Waals surface area contributed by atoms with Gasteiger partial charge in [0.05, 0.1) is 18.1 Å². The van der Waals surface area contributed by atoms with Gasteiger partial charge in [0.1, 0.15) is 5.82 Å². The molecule has 0 spiro atoms. The molecule has 3 N–H and O–H groups in total. The van der Waals surface area contributed by atoms with E-state index in [9.17, 15) is 4.79 Å². The second-order valence-corrected chi connectivity index (χ2v) is 6.09. The molecule has 0 fully saturated rings. The van der Waals surface area contributed by atoms with Gasteiger partial charge in [-0.2, -0.15) is 0 Å². The number of urea groups is 1. The van der Waals surface area contributed by atoms with Gasteiger partial charge in [-0.05, 0) is 12.8 Å². The Morgan fingerprint density at radius 3 is 2.30 bits per heavy atom. The number of hydrogen-bond donors (Lipinski definition) is 3. The molecule has 0 radical (unpaired) electrons. The lowest BCUT2D eigenvalue weighted by Crippen LogP contribution is -2.40. The quantitative estimate of drug-likeness (QED) is 0.786. The molecule has 0 saturated carbocycles. The van der Waals surface area contributed by atoms with Crippen molar-refractivity contribution in [3.05, 3.63) is 18.2 Å². The van der Waals surface area contributed by atoms with Gasteiger partial charge in [-0.3, -0.25) is 0 Å². The highest BCUT2D eigenvalue weighted by Crippen LogP contribution is 2.18. The van der Waals surface area contributed by atoms with Crippen molar-refractivity contribution in [1.29, 1.82) is 0 Å². The van der Waals surface area contributed by atoms with Crippen LogP contribution < -0.4 is 10.6 Å². The summed E-state index contributed by atoms with van der Waals surface area (Å²) in [5.74, 6) is 0.728. The maximum absolute atomic E-state index is 11.8. The van der Waals surface area contributed by atoms with Gasteiger partial charge in [0, 0.05) is 18.1 Å². The van der Waals surface area contributed by atoms with Crippen molar-refractivity contribution in [3.63, 3.8) is 0 Å². The van der Waals surface area contributed by atoms with Crippen molar-refractivity contribution >= 4 is 11.7 Å². The van der Waals surface area contributed by atoms with E-state index in [-0.39, 0.29) is 30.0 Å². The summed E-state index contributed by atoms with van der Waals surface area (Å²) in [6, 6.07) is -0.445. The summed E-state index contributed by atoms with van der Waals surface area (Å²) in [5.41, 5.74) is 0.422. The van der Waals surface area contributed by atoms with E-state index in [0.717, 1.165) is 5.82 Å². The number of aliphatic hydroxyl groups excluding tert-OH is 1. The Bertz CT molecular complexity index is 439. The van der Waals surface area contributed by atoms with E-state index in [2.05, 4.69) is 20.6 Å². The highest BCUT2D eigenvalue weighted by atomic mass is 16.3. The second kappa shape index (κ2) is 6.65. The molecule has 0 unspecified atom stereocenters. The van der Waals surface area contributed by atoms with Crippen LogP contribution in [-0.2, 0) is 5.41 Å².